The van der Waals surface area contributed by atoms with Gasteiger partial charge in [0, 0.05) is 5.69 Å². The number of nitrogens with one attached hydrogen (secondary N) is 1. The lowest BCUT2D eigenvalue weighted by molar-refractivity contribution is -0.118. The molecule has 0 radical (unpaired) electrons. The molecule has 1 N–H and O–H groups in total. The SMILES string of the molecule is COc1cc(/C=C2/SC(=Nc3ccccc3)N(c3ccccc3)C2=O)cc(I)c1OCC(=O)Nc1ccc(Cl)c(Cl)c1. The van der Waals surface area contributed by atoms with E-state index in [0.717, 1.165) is 16.9 Å². The second-order valence-electron chi connectivity index (χ2n) is 8.82. The Hall–Kier alpha value is -3.51. The first-order chi connectivity index (χ1) is 20.3. The summed E-state index contributed by atoms with van der Waals surface area (Å²) in [5, 5.41) is 4.01. The van der Waals surface area contributed by atoms with Gasteiger partial charge in [0.25, 0.3) is 11.8 Å². The molecule has 212 valence electrons. The zero-order chi connectivity index (χ0) is 29.6. The van der Waals surface area contributed by atoms with Crippen molar-refractivity contribution in [3.05, 3.63) is 115 Å². The number of carbonyl (C=O) groups excluding carboxylic acids is 2. The van der Waals surface area contributed by atoms with E-state index < -0.39 is 0 Å². The highest BCUT2D eigenvalue weighted by atomic mass is 127. The van der Waals surface area contributed by atoms with Gasteiger partial charge in [-0.1, -0.05) is 59.6 Å². The highest BCUT2D eigenvalue weighted by molar-refractivity contribution is 14.1. The fourth-order valence-corrected chi connectivity index (χ4v) is 6.07. The lowest BCUT2D eigenvalue weighted by Gasteiger charge is -2.15. The van der Waals surface area contributed by atoms with Crippen LogP contribution < -0.4 is 19.7 Å². The number of aliphatic imine (C=N–C) groups is 1. The number of rotatable bonds is 8. The summed E-state index contributed by atoms with van der Waals surface area (Å²) >= 11 is 15.4. The fraction of sp³-hybridized carbons (Fsp3) is 0.0645. The molecule has 11 heteroatoms. The molecule has 1 saturated heterocycles. The van der Waals surface area contributed by atoms with E-state index in [0.29, 0.717) is 40.9 Å². The lowest BCUT2D eigenvalue weighted by Crippen LogP contribution is -2.28. The number of halogens is 3. The zero-order valence-corrected chi connectivity index (χ0v) is 26.5. The lowest BCUT2D eigenvalue weighted by atomic mass is 10.1. The average Bonchev–Trinajstić information content (AvgIpc) is 3.28. The molecule has 4 aromatic carbocycles. The molecule has 0 spiro atoms. The highest BCUT2D eigenvalue weighted by Gasteiger charge is 2.34. The number of nitrogens with zero attached hydrogens (tertiary/aromatic N) is 2. The molecule has 7 nitrogen and oxygen atoms in total. The summed E-state index contributed by atoms with van der Waals surface area (Å²) in [6.07, 6.45) is 1.79. The smallest absolute Gasteiger partial charge is 0.271 e. The van der Waals surface area contributed by atoms with E-state index in [1.165, 1.54) is 18.9 Å². The van der Waals surface area contributed by atoms with E-state index in [1.807, 2.05) is 66.7 Å². The molecule has 1 aliphatic rings. The maximum Gasteiger partial charge on any atom is 0.271 e. The predicted octanol–water partition coefficient (Wildman–Crippen LogP) is 8.43. The van der Waals surface area contributed by atoms with Crippen LogP contribution in [0.4, 0.5) is 17.1 Å². The van der Waals surface area contributed by atoms with Gasteiger partial charge in [-0.05, 0) is 101 Å². The molecule has 0 atom stereocenters. The summed E-state index contributed by atoms with van der Waals surface area (Å²) in [4.78, 5) is 33.0. The minimum absolute atomic E-state index is 0.186. The Morgan fingerprint density at radius 2 is 1.71 bits per heavy atom. The first kappa shape index (κ1) is 30.0. The van der Waals surface area contributed by atoms with E-state index >= 15 is 0 Å². The third kappa shape index (κ3) is 7.09. The third-order valence-electron chi connectivity index (χ3n) is 5.90. The number of ether oxygens (including phenoxy) is 2. The van der Waals surface area contributed by atoms with Gasteiger partial charge in [-0.3, -0.25) is 14.5 Å². The van der Waals surface area contributed by atoms with Crippen molar-refractivity contribution in [3.63, 3.8) is 0 Å². The molecule has 0 bridgehead atoms. The third-order valence-corrected chi connectivity index (χ3v) is 8.41. The maximum absolute atomic E-state index is 13.6. The number of hydrogen-bond acceptors (Lipinski definition) is 6. The molecule has 0 unspecified atom stereocenters. The molecule has 5 rings (SSSR count). The molecule has 0 aliphatic carbocycles. The van der Waals surface area contributed by atoms with E-state index in [9.17, 15) is 9.59 Å². The molecule has 0 saturated carbocycles. The first-order valence-corrected chi connectivity index (χ1v) is 15.2. The summed E-state index contributed by atoms with van der Waals surface area (Å²) in [6, 6.07) is 27.3. The molecule has 0 aromatic heterocycles. The van der Waals surface area contributed by atoms with Gasteiger partial charge in [-0.15, -0.1) is 0 Å². The van der Waals surface area contributed by atoms with Gasteiger partial charge in [0.1, 0.15) is 0 Å². The quantitative estimate of drug-likeness (QED) is 0.146. The number of para-hydroxylation sites is 2. The van der Waals surface area contributed by atoms with Gasteiger partial charge < -0.3 is 14.8 Å². The van der Waals surface area contributed by atoms with Crippen LogP contribution in [-0.4, -0.2) is 30.7 Å². The minimum atomic E-state index is -0.378. The van der Waals surface area contributed by atoms with Crippen LogP contribution in [0.2, 0.25) is 10.0 Å². The number of amides is 2. The summed E-state index contributed by atoms with van der Waals surface area (Å²) < 4.78 is 12.1. The first-order valence-electron chi connectivity index (χ1n) is 12.5. The summed E-state index contributed by atoms with van der Waals surface area (Å²) in [6.45, 7) is -0.257. The second-order valence-corrected chi connectivity index (χ2v) is 11.8. The van der Waals surface area contributed by atoms with Crippen molar-refractivity contribution >= 4 is 97.7 Å². The van der Waals surface area contributed by atoms with Crippen molar-refractivity contribution in [3.8, 4) is 11.5 Å². The van der Waals surface area contributed by atoms with Gasteiger partial charge in [0.05, 0.1) is 37.0 Å². The molecule has 42 heavy (non-hydrogen) atoms. The van der Waals surface area contributed by atoms with Crippen LogP contribution >= 0.6 is 57.6 Å². The van der Waals surface area contributed by atoms with E-state index in [2.05, 4.69) is 27.9 Å². The Balaban J connectivity index is 1.38. The van der Waals surface area contributed by atoms with Crippen molar-refractivity contribution in [2.45, 2.75) is 0 Å². The molecule has 2 amide bonds. The Morgan fingerprint density at radius 1 is 1.00 bits per heavy atom. The largest absolute Gasteiger partial charge is 0.493 e. The van der Waals surface area contributed by atoms with Crippen LogP contribution in [-0.2, 0) is 9.59 Å². The fourth-order valence-electron chi connectivity index (χ4n) is 3.99. The molecule has 4 aromatic rings. The topological polar surface area (TPSA) is 80.2 Å². The maximum atomic E-state index is 13.6. The Labute approximate surface area is 270 Å². The standard InChI is InChI=1S/C31H22Cl2IN3O4S/c1-40-26-15-19(14-25(34)29(26)41-18-28(38)35-21-12-13-23(32)24(33)17-21)16-27-30(39)37(22-10-6-3-7-11-22)31(42-27)36-20-8-4-2-5-9-20/h2-17H,18H2,1H3,(H,35,38)/b27-16+,36-31?. The van der Waals surface area contributed by atoms with E-state index in [4.69, 9.17) is 37.7 Å². The Bertz CT molecular complexity index is 1700. The van der Waals surface area contributed by atoms with Gasteiger partial charge in [0.2, 0.25) is 0 Å². The number of carbonyl (C=O) groups is 2. The molecular formula is C31H22Cl2IN3O4S. The minimum Gasteiger partial charge on any atom is -0.493 e. The number of methoxy groups -OCH3 is 1. The highest BCUT2D eigenvalue weighted by Crippen LogP contribution is 2.39. The van der Waals surface area contributed by atoms with Crippen molar-refractivity contribution < 1.29 is 19.1 Å². The van der Waals surface area contributed by atoms with Crippen molar-refractivity contribution in [2.24, 2.45) is 4.99 Å². The van der Waals surface area contributed by atoms with Crippen molar-refractivity contribution in [2.75, 3.05) is 23.9 Å². The predicted molar refractivity (Wildman–Crippen MR) is 179 cm³/mol. The Morgan fingerprint density at radius 3 is 2.40 bits per heavy atom. The number of amidine groups is 1. The van der Waals surface area contributed by atoms with Crippen molar-refractivity contribution in [1.29, 1.82) is 0 Å². The molecule has 1 heterocycles. The van der Waals surface area contributed by atoms with E-state index in [1.54, 1.807) is 35.2 Å². The van der Waals surface area contributed by atoms with Crippen LogP contribution in [0, 0.1) is 3.57 Å². The van der Waals surface area contributed by atoms with Gasteiger partial charge in [0.15, 0.2) is 23.3 Å². The molecule has 1 aliphatic heterocycles. The summed E-state index contributed by atoms with van der Waals surface area (Å²) in [7, 11) is 1.52. The number of benzene rings is 4. The average molecular weight is 730 g/mol. The molecule has 1 fully saturated rings. The van der Waals surface area contributed by atoms with Gasteiger partial charge in [-0.2, -0.15) is 0 Å². The number of anilines is 2. The van der Waals surface area contributed by atoms with Gasteiger partial charge in [-0.25, -0.2) is 4.99 Å². The van der Waals surface area contributed by atoms with Crippen LogP contribution in [0.5, 0.6) is 11.5 Å². The van der Waals surface area contributed by atoms with E-state index in [-0.39, 0.29) is 18.4 Å². The van der Waals surface area contributed by atoms with Gasteiger partial charge >= 0.3 is 0 Å². The van der Waals surface area contributed by atoms with Crippen LogP contribution in [0.3, 0.4) is 0 Å². The van der Waals surface area contributed by atoms with Crippen LogP contribution in [0.25, 0.3) is 6.08 Å². The van der Waals surface area contributed by atoms with Crippen molar-refractivity contribution in [1.82, 2.24) is 0 Å². The number of thioether (sulfide) groups is 1. The Kier molecular flexibility index (Phi) is 9.73. The van der Waals surface area contributed by atoms with Crippen LogP contribution in [0.1, 0.15) is 5.56 Å². The van der Waals surface area contributed by atoms with Crippen LogP contribution in [0.15, 0.2) is 101 Å². The summed E-state index contributed by atoms with van der Waals surface area (Å²) in [5.41, 5.74) is 2.70. The molecular weight excluding hydrogens is 708 g/mol. The second kappa shape index (κ2) is 13.6. The normalized spacial score (nSPS) is 14.9. The summed E-state index contributed by atoms with van der Waals surface area (Å²) in [5.74, 6) is 0.266. The monoisotopic (exact) mass is 729 g/mol. The zero-order valence-electron chi connectivity index (χ0n) is 22.0. The number of hydrogen-bond donors (Lipinski definition) is 1.